The van der Waals surface area contributed by atoms with Crippen LogP contribution in [-0.4, -0.2) is 54.2 Å². The molecule has 1 aromatic carbocycles. The molecule has 1 amide bonds. The first-order chi connectivity index (χ1) is 11.2. The summed E-state index contributed by atoms with van der Waals surface area (Å²) in [5, 5.41) is 0.607. The second kappa shape index (κ2) is 8.13. The van der Waals surface area contributed by atoms with E-state index in [1.54, 1.807) is 24.3 Å². The van der Waals surface area contributed by atoms with E-state index in [4.69, 9.17) is 11.6 Å². The van der Waals surface area contributed by atoms with Crippen LogP contribution < -0.4 is 0 Å². The van der Waals surface area contributed by atoms with Gasteiger partial charge in [0.25, 0.3) is 0 Å². The molecule has 1 saturated heterocycles. The summed E-state index contributed by atoms with van der Waals surface area (Å²) < 4.78 is 0. The Balaban J connectivity index is 1.75. The molecular formula is C19H27ClN2O2. The standard InChI is InChI=1S/C19H27ClN2O2/c1-19(2,3)14-21-10-12-22(13-11-21)18(24)9-8-17(23)15-4-6-16(20)7-5-15/h4-7H,8-14H2,1-3H3. The van der Waals surface area contributed by atoms with Gasteiger partial charge in [-0.25, -0.2) is 0 Å². The molecule has 0 aromatic heterocycles. The van der Waals surface area contributed by atoms with Crippen molar-refractivity contribution in [1.29, 1.82) is 0 Å². The number of hydrogen-bond acceptors (Lipinski definition) is 3. The lowest BCUT2D eigenvalue weighted by molar-refractivity contribution is -0.133. The van der Waals surface area contributed by atoms with Crippen molar-refractivity contribution >= 4 is 23.3 Å². The molecule has 24 heavy (non-hydrogen) atoms. The largest absolute Gasteiger partial charge is 0.340 e. The number of amides is 1. The molecule has 0 saturated carbocycles. The molecule has 0 bridgehead atoms. The minimum atomic E-state index is -0.00798. The van der Waals surface area contributed by atoms with Crippen LogP contribution in [0.15, 0.2) is 24.3 Å². The zero-order valence-corrected chi connectivity index (χ0v) is 15.6. The van der Waals surface area contributed by atoms with Gasteiger partial charge in [-0.3, -0.25) is 14.5 Å². The topological polar surface area (TPSA) is 40.6 Å². The summed E-state index contributed by atoms with van der Waals surface area (Å²) in [6, 6.07) is 6.82. The van der Waals surface area contributed by atoms with E-state index in [-0.39, 0.29) is 29.9 Å². The van der Waals surface area contributed by atoms with Crippen LogP contribution in [0.4, 0.5) is 0 Å². The maximum absolute atomic E-state index is 12.3. The lowest BCUT2D eigenvalue weighted by atomic mass is 9.96. The highest BCUT2D eigenvalue weighted by atomic mass is 35.5. The first-order valence-electron chi connectivity index (χ1n) is 8.53. The molecule has 0 atom stereocenters. The van der Waals surface area contributed by atoms with Crippen LogP contribution in [0.3, 0.4) is 0 Å². The maximum atomic E-state index is 12.3. The van der Waals surface area contributed by atoms with Crippen LogP contribution in [0, 0.1) is 5.41 Å². The van der Waals surface area contributed by atoms with Crippen LogP contribution in [0.25, 0.3) is 0 Å². The average Bonchev–Trinajstić information content (AvgIpc) is 2.52. The highest BCUT2D eigenvalue weighted by Gasteiger charge is 2.24. The third-order valence-electron chi connectivity index (χ3n) is 4.16. The Hall–Kier alpha value is -1.39. The fourth-order valence-corrected chi connectivity index (χ4v) is 3.11. The minimum Gasteiger partial charge on any atom is -0.340 e. The number of halogens is 1. The highest BCUT2D eigenvalue weighted by molar-refractivity contribution is 6.30. The second-order valence-electron chi connectivity index (χ2n) is 7.65. The van der Waals surface area contributed by atoms with Gasteiger partial charge >= 0.3 is 0 Å². The first-order valence-corrected chi connectivity index (χ1v) is 8.91. The summed E-state index contributed by atoms with van der Waals surface area (Å²) in [4.78, 5) is 28.7. The Bertz CT molecular complexity index is 570. The molecule has 0 radical (unpaired) electrons. The van der Waals surface area contributed by atoms with Crippen LogP contribution in [-0.2, 0) is 4.79 Å². The van der Waals surface area contributed by atoms with Crippen molar-refractivity contribution in [3.8, 4) is 0 Å². The Morgan fingerprint density at radius 2 is 1.58 bits per heavy atom. The van der Waals surface area contributed by atoms with Crippen LogP contribution >= 0.6 is 11.6 Å². The smallest absolute Gasteiger partial charge is 0.223 e. The second-order valence-corrected chi connectivity index (χ2v) is 8.08. The van der Waals surface area contributed by atoms with E-state index in [1.165, 1.54) is 0 Å². The molecule has 4 nitrogen and oxygen atoms in total. The van der Waals surface area contributed by atoms with E-state index in [2.05, 4.69) is 25.7 Å². The number of benzene rings is 1. The van der Waals surface area contributed by atoms with Gasteiger partial charge in [0.2, 0.25) is 5.91 Å². The van der Waals surface area contributed by atoms with Crippen molar-refractivity contribution in [2.45, 2.75) is 33.6 Å². The van der Waals surface area contributed by atoms with E-state index in [0.717, 1.165) is 32.7 Å². The van der Waals surface area contributed by atoms with E-state index < -0.39 is 0 Å². The van der Waals surface area contributed by atoms with Gasteiger partial charge in [0.05, 0.1) is 0 Å². The molecule has 1 heterocycles. The molecule has 0 spiro atoms. The number of ketones is 1. The van der Waals surface area contributed by atoms with Crippen LogP contribution in [0.1, 0.15) is 44.0 Å². The fourth-order valence-electron chi connectivity index (χ4n) is 2.98. The number of rotatable bonds is 5. The Morgan fingerprint density at radius 1 is 1.00 bits per heavy atom. The lowest BCUT2D eigenvalue weighted by Gasteiger charge is -2.37. The van der Waals surface area contributed by atoms with Crippen molar-refractivity contribution in [3.05, 3.63) is 34.9 Å². The van der Waals surface area contributed by atoms with E-state index in [0.29, 0.717) is 10.6 Å². The highest BCUT2D eigenvalue weighted by Crippen LogP contribution is 2.17. The number of carbonyl (C=O) groups excluding carboxylic acids is 2. The Morgan fingerprint density at radius 3 is 2.12 bits per heavy atom. The van der Waals surface area contributed by atoms with Crippen molar-refractivity contribution in [2.75, 3.05) is 32.7 Å². The number of carbonyl (C=O) groups is 2. The van der Waals surface area contributed by atoms with Gasteiger partial charge in [-0.15, -0.1) is 0 Å². The summed E-state index contributed by atoms with van der Waals surface area (Å²) in [6.07, 6.45) is 0.531. The zero-order valence-electron chi connectivity index (χ0n) is 14.8. The van der Waals surface area contributed by atoms with Gasteiger partial charge in [0.15, 0.2) is 5.78 Å². The first kappa shape index (κ1) is 18.9. The maximum Gasteiger partial charge on any atom is 0.223 e. The van der Waals surface area contributed by atoms with Crippen LogP contribution in [0.2, 0.25) is 5.02 Å². The monoisotopic (exact) mass is 350 g/mol. The predicted octanol–water partition coefficient (Wildman–Crippen LogP) is 3.49. The molecule has 0 aliphatic carbocycles. The van der Waals surface area contributed by atoms with Gasteiger partial charge in [-0.1, -0.05) is 32.4 Å². The number of piperazine rings is 1. The van der Waals surface area contributed by atoms with Crippen molar-refractivity contribution < 1.29 is 9.59 Å². The van der Waals surface area contributed by atoms with E-state index in [1.807, 2.05) is 4.90 Å². The summed E-state index contributed by atoms with van der Waals surface area (Å²) in [5.74, 6) is 0.0686. The Kier molecular flexibility index (Phi) is 6.41. The lowest BCUT2D eigenvalue weighted by Crippen LogP contribution is -2.50. The molecule has 1 aliphatic heterocycles. The number of Topliss-reactive ketones (excluding diaryl/α,β-unsaturated/α-hetero) is 1. The molecule has 5 heteroatoms. The molecule has 1 fully saturated rings. The quantitative estimate of drug-likeness (QED) is 0.763. The third kappa shape index (κ3) is 5.91. The molecule has 132 valence electrons. The number of hydrogen-bond donors (Lipinski definition) is 0. The van der Waals surface area contributed by atoms with E-state index in [9.17, 15) is 9.59 Å². The molecule has 0 unspecified atom stereocenters. The Labute approximate surface area is 149 Å². The van der Waals surface area contributed by atoms with Crippen LogP contribution in [0.5, 0.6) is 0 Å². The third-order valence-corrected chi connectivity index (χ3v) is 4.41. The predicted molar refractivity (Wildman–Crippen MR) is 97.5 cm³/mol. The summed E-state index contributed by atoms with van der Waals surface area (Å²) in [6.45, 7) is 11.1. The molecular weight excluding hydrogens is 324 g/mol. The van der Waals surface area contributed by atoms with Crippen molar-refractivity contribution in [2.24, 2.45) is 5.41 Å². The van der Waals surface area contributed by atoms with Crippen molar-refractivity contribution in [3.63, 3.8) is 0 Å². The zero-order chi connectivity index (χ0) is 17.7. The molecule has 0 N–H and O–H groups in total. The molecule has 1 aromatic rings. The summed E-state index contributed by atoms with van der Waals surface area (Å²) in [7, 11) is 0. The van der Waals surface area contributed by atoms with Gasteiger partial charge < -0.3 is 4.90 Å². The van der Waals surface area contributed by atoms with Crippen molar-refractivity contribution in [1.82, 2.24) is 9.80 Å². The summed E-state index contributed by atoms with van der Waals surface area (Å²) in [5.41, 5.74) is 0.888. The molecule has 2 rings (SSSR count). The van der Waals surface area contributed by atoms with Gasteiger partial charge in [0, 0.05) is 56.2 Å². The van der Waals surface area contributed by atoms with Gasteiger partial charge in [0.1, 0.15) is 0 Å². The summed E-state index contributed by atoms with van der Waals surface area (Å²) >= 11 is 5.82. The SMILES string of the molecule is CC(C)(C)CN1CCN(C(=O)CCC(=O)c2ccc(Cl)cc2)CC1. The fraction of sp³-hybridized carbons (Fsp3) is 0.579. The van der Waals surface area contributed by atoms with Gasteiger partial charge in [-0.2, -0.15) is 0 Å². The number of nitrogens with zero attached hydrogens (tertiary/aromatic N) is 2. The van der Waals surface area contributed by atoms with Gasteiger partial charge in [-0.05, 0) is 29.7 Å². The molecule has 1 aliphatic rings. The van der Waals surface area contributed by atoms with E-state index >= 15 is 0 Å². The average molecular weight is 351 g/mol. The minimum absolute atomic E-state index is 0.00798. The normalized spacial score (nSPS) is 16.2.